The van der Waals surface area contributed by atoms with Crippen LogP contribution in [0.5, 0.6) is 5.75 Å². The molecular weight excluding hydrogens is 248 g/mol. The standard InChI is InChI=1S/C17H20N2O/c1-2-9-19-17(14-7-5-10-18-12-14)16-11-13-6-3-4-8-15(13)20-16/h3-8,10,12,16-17,19H,2,9,11H2,1H3. The Hall–Kier alpha value is -1.87. The molecular formula is C17H20N2O. The van der Waals surface area contributed by atoms with Gasteiger partial charge in [0.1, 0.15) is 11.9 Å². The zero-order valence-electron chi connectivity index (χ0n) is 11.8. The number of benzene rings is 1. The molecule has 20 heavy (non-hydrogen) atoms. The number of aromatic nitrogens is 1. The van der Waals surface area contributed by atoms with E-state index in [-0.39, 0.29) is 12.1 Å². The molecule has 2 heterocycles. The lowest BCUT2D eigenvalue weighted by atomic mass is 9.99. The van der Waals surface area contributed by atoms with Gasteiger partial charge < -0.3 is 10.1 Å². The maximum atomic E-state index is 6.13. The molecule has 0 spiro atoms. The summed E-state index contributed by atoms with van der Waals surface area (Å²) in [7, 11) is 0. The van der Waals surface area contributed by atoms with Crippen molar-refractivity contribution in [2.24, 2.45) is 0 Å². The topological polar surface area (TPSA) is 34.2 Å². The van der Waals surface area contributed by atoms with E-state index in [4.69, 9.17) is 4.74 Å². The number of fused-ring (bicyclic) bond motifs is 1. The minimum absolute atomic E-state index is 0.142. The van der Waals surface area contributed by atoms with Crippen LogP contribution in [0.1, 0.15) is 30.5 Å². The summed E-state index contributed by atoms with van der Waals surface area (Å²) in [5, 5.41) is 3.60. The summed E-state index contributed by atoms with van der Waals surface area (Å²) in [6.45, 7) is 3.16. The summed E-state index contributed by atoms with van der Waals surface area (Å²) in [4.78, 5) is 4.24. The molecule has 3 heteroatoms. The fourth-order valence-electron chi connectivity index (χ4n) is 2.72. The van der Waals surface area contributed by atoms with E-state index in [0.717, 1.165) is 25.1 Å². The highest BCUT2D eigenvalue weighted by Crippen LogP contribution is 2.33. The minimum Gasteiger partial charge on any atom is -0.488 e. The van der Waals surface area contributed by atoms with Gasteiger partial charge in [-0.05, 0) is 36.2 Å². The molecule has 0 amide bonds. The van der Waals surface area contributed by atoms with Gasteiger partial charge in [0, 0.05) is 18.8 Å². The number of para-hydroxylation sites is 1. The number of hydrogen-bond acceptors (Lipinski definition) is 3. The van der Waals surface area contributed by atoms with Gasteiger partial charge in [-0.25, -0.2) is 0 Å². The molecule has 1 aliphatic rings. The first-order valence-electron chi connectivity index (χ1n) is 7.26. The van der Waals surface area contributed by atoms with E-state index >= 15 is 0 Å². The highest BCUT2D eigenvalue weighted by Gasteiger charge is 2.30. The number of rotatable bonds is 5. The highest BCUT2D eigenvalue weighted by atomic mass is 16.5. The molecule has 1 N–H and O–H groups in total. The Morgan fingerprint density at radius 1 is 1.30 bits per heavy atom. The van der Waals surface area contributed by atoms with E-state index in [1.807, 2.05) is 24.5 Å². The van der Waals surface area contributed by atoms with Crippen LogP contribution in [-0.4, -0.2) is 17.6 Å². The van der Waals surface area contributed by atoms with E-state index in [9.17, 15) is 0 Å². The minimum atomic E-state index is 0.142. The largest absolute Gasteiger partial charge is 0.488 e. The lowest BCUT2D eigenvalue weighted by Gasteiger charge is -2.24. The van der Waals surface area contributed by atoms with Crippen LogP contribution in [0.3, 0.4) is 0 Å². The summed E-state index contributed by atoms with van der Waals surface area (Å²) in [5.74, 6) is 1.02. The second-order valence-corrected chi connectivity index (χ2v) is 5.19. The zero-order valence-corrected chi connectivity index (χ0v) is 11.8. The van der Waals surface area contributed by atoms with Gasteiger partial charge >= 0.3 is 0 Å². The van der Waals surface area contributed by atoms with Crippen molar-refractivity contribution in [3.63, 3.8) is 0 Å². The molecule has 2 aromatic rings. The Labute approximate surface area is 120 Å². The summed E-state index contributed by atoms with van der Waals surface area (Å²) in [6.07, 6.45) is 5.94. The molecule has 1 aromatic carbocycles. The zero-order chi connectivity index (χ0) is 13.8. The van der Waals surface area contributed by atoms with Gasteiger partial charge in [-0.3, -0.25) is 4.98 Å². The molecule has 0 radical (unpaired) electrons. The van der Waals surface area contributed by atoms with Crippen molar-refractivity contribution in [3.8, 4) is 5.75 Å². The van der Waals surface area contributed by atoms with Gasteiger partial charge in [-0.2, -0.15) is 0 Å². The molecule has 3 rings (SSSR count). The molecule has 2 unspecified atom stereocenters. The Bertz CT molecular complexity index is 531. The maximum Gasteiger partial charge on any atom is 0.123 e. The molecule has 104 valence electrons. The Kier molecular flexibility index (Phi) is 3.97. The van der Waals surface area contributed by atoms with Crippen LogP contribution in [0.25, 0.3) is 0 Å². The van der Waals surface area contributed by atoms with Crippen molar-refractivity contribution in [1.82, 2.24) is 10.3 Å². The van der Waals surface area contributed by atoms with Gasteiger partial charge in [0.15, 0.2) is 0 Å². The average Bonchev–Trinajstić information content (AvgIpc) is 2.92. The predicted octanol–water partition coefficient (Wildman–Crippen LogP) is 3.13. The number of pyridine rings is 1. The maximum absolute atomic E-state index is 6.13. The third kappa shape index (κ3) is 2.68. The summed E-state index contributed by atoms with van der Waals surface area (Å²) in [5.41, 5.74) is 2.49. The fourth-order valence-corrected chi connectivity index (χ4v) is 2.72. The van der Waals surface area contributed by atoms with E-state index in [0.29, 0.717) is 0 Å². The number of nitrogens with zero attached hydrogens (tertiary/aromatic N) is 1. The lowest BCUT2D eigenvalue weighted by molar-refractivity contribution is 0.178. The molecule has 2 atom stereocenters. The van der Waals surface area contributed by atoms with E-state index < -0.39 is 0 Å². The molecule has 0 bridgehead atoms. The van der Waals surface area contributed by atoms with E-state index in [1.165, 1.54) is 11.1 Å². The van der Waals surface area contributed by atoms with Crippen LogP contribution in [0.4, 0.5) is 0 Å². The Morgan fingerprint density at radius 2 is 2.20 bits per heavy atom. The number of hydrogen-bond donors (Lipinski definition) is 1. The summed E-state index contributed by atoms with van der Waals surface area (Å²) in [6, 6.07) is 12.6. The van der Waals surface area contributed by atoms with Crippen LogP contribution in [-0.2, 0) is 6.42 Å². The van der Waals surface area contributed by atoms with Crippen molar-refractivity contribution < 1.29 is 4.74 Å². The van der Waals surface area contributed by atoms with Crippen molar-refractivity contribution in [2.75, 3.05) is 6.54 Å². The van der Waals surface area contributed by atoms with Gasteiger partial charge in [0.2, 0.25) is 0 Å². The molecule has 1 aliphatic heterocycles. The van der Waals surface area contributed by atoms with Crippen LogP contribution in [0.2, 0.25) is 0 Å². The second-order valence-electron chi connectivity index (χ2n) is 5.19. The van der Waals surface area contributed by atoms with Crippen molar-refractivity contribution >= 4 is 0 Å². The first kappa shape index (κ1) is 13.1. The van der Waals surface area contributed by atoms with Crippen LogP contribution < -0.4 is 10.1 Å². The van der Waals surface area contributed by atoms with Crippen LogP contribution in [0.15, 0.2) is 48.8 Å². The van der Waals surface area contributed by atoms with Gasteiger partial charge in [-0.1, -0.05) is 31.2 Å². The van der Waals surface area contributed by atoms with Gasteiger partial charge in [0.05, 0.1) is 6.04 Å². The van der Waals surface area contributed by atoms with Crippen molar-refractivity contribution in [2.45, 2.75) is 31.9 Å². The monoisotopic (exact) mass is 268 g/mol. The number of nitrogens with one attached hydrogen (secondary N) is 1. The average molecular weight is 268 g/mol. The first-order chi connectivity index (χ1) is 9.88. The van der Waals surface area contributed by atoms with Gasteiger partial charge in [-0.15, -0.1) is 0 Å². The molecule has 0 saturated heterocycles. The molecule has 0 fully saturated rings. The Morgan fingerprint density at radius 3 is 2.95 bits per heavy atom. The first-order valence-corrected chi connectivity index (χ1v) is 7.26. The number of ether oxygens (including phenoxy) is 1. The SMILES string of the molecule is CCCNC(c1cccnc1)C1Cc2ccccc2O1. The van der Waals surface area contributed by atoms with Crippen LogP contribution in [0, 0.1) is 0 Å². The van der Waals surface area contributed by atoms with E-state index in [2.05, 4.69) is 41.5 Å². The van der Waals surface area contributed by atoms with Crippen molar-refractivity contribution in [3.05, 3.63) is 59.9 Å². The molecule has 1 aromatic heterocycles. The predicted molar refractivity (Wildman–Crippen MR) is 79.8 cm³/mol. The fraction of sp³-hybridized carbons (Fsp3) is 0.353. The quantitative estimate of drug-likeness (QED) is 0.904. The third-order valence-electron chi connectivity index (χ3n) is 3.70. The summed E-state index contributed by atoms with van der Waals surface area (Å²) >= 11 is 0. The summed E-state index contributed by atoms with van der Waals surface area (Å²) < 4.78 is 6.13. The van der Waals surface area contributed by atoms with Crippen molar-refractivity contribution in [1.29, 1.82) is 0 Å². The van der Waals surface area contributed by atoms with Crippen LogP contribution >= 0.6 is 0 Å². The van der Waals surface area contributed by atoms with Gasteiger partial charge in [0.25, 0.3) is 0 Å². The van der Waals surface area contributed by atoms with E-state index in [1.54, 1.807) is 0 Å². The lowest BCUT2D eigenvalue weighted by Crippen LogP contribution is -2.35. The third-order valence-corrected chi connectivity index (χ3v) is 3.70. The smallest absolute Gasteiger partial charge is 0.123 e. The highest BCUT2D eigenvalue weighted by molar-refractivity contribution is 5.38. The Balaban J connectivity index is 1.81. The molecule has 0 saturated carbocycles. The molecule has 3 nitrogen and oxygen atoms in total. The normalized spacial score (nSPS) is 18.4. The molecule has 0 aliphatic carbocycles. The second kappa shape index (κ2) is 6.06.